The standard InChI is InChI=1S/C20H37NOSi/c1-6-23(7-2,8-3)22-19-10-9-14-20(5)17(11-12-18(19)20)16(4)13-15-21/h16-19H,6-14H2,1-5H3/t16-,17?,18+,19+,20-/m1/s1. The zero-order valence-electron chi connectivity index (χ0n) is 16.0. The number of rotatable bonds is 7. The van der Waals surface area contributed by atoms with Gasteiger partial charge in [0.05, 0.1) is 6.07 Å². The molecular formula is C20H37NOSi. The first-order valence-corrected chi connectivity index (χ1v) is 12.5. The smallest absolute Gasteiger partial charge is 0.192 e. The normalized spacial score (nSPS) is 35.6. The highest BCUT2D eigenvalue weighted by Crippen LogP contribution is 2.59. The monoisotopic (exact) mass is 335 g/mol. The van der Waals surface area contributed by atoms with Gasteiger partial charge in [-0.15, -0.1) is 0 Å². The first-order valence-electron chi connectivity index (χ1n) is 10.0. The minimum Gasteiger partial charge on any atom is -0.414 e. The van der Waals surface area contributed by atoms with Crippen molar-refractivity contribution >= 4 is 8.32 Å². The second-order valence-electron chi connectivity index (χ2n) is 8.43. The molecule has 0 bridgehead atoms. The molecule has 2 nitrogen and oxygen atoms in total. The van der Waals surface area contributed by atoms with E-state index in [0.29, 0.717) is 17.4 Å². The molecule has 2 aliphatic carbocycles. The van der Waals surface area contributed by atoms with Crippen molar-refractivity contribution in [2.75, 3.05) is 0 Å². The van der Waals surface area contributed by atoms with Gasteiger partial charge in [0.25, 0.3) is 0 Å². The van der Waals surface area contributed by atoms with E-state index in [9.17, 15) is 0 Å². The summed E-state index contributed by atoms with van der Waals surface area (Å²) in [5.41, 5.74) is 0.411. The van der Waals surface area contributed by atoms with Gasteiger partial charge in [-0.2, -0.15) is 5.26 Å². The summed E-state index contributed by atoms with van der Waals surface area (Å²) in [4.78, 5) is 0. The zero-order valence-corrected chi connectivity index (χ0v) is 17.0. The molecular weight excluding hydrogens is 298 g/mol. The number of fused-ring (bicyclic) bond motifs is 1. The van der Waals surface area contributed by atoms with Gasteiger partial charge in [-0.3, -0.25) is 0 Å². The molecule has 1 unspecified atom stereocenters. The van der Waals surface area contributed by atoms with Crippen LogP contribution < -0.4 is 0 Å². The van der Waals surface area contributed by atoms with E-state index in [4.69, 9.17) is 9.69 Å². The fourth-order valence-electron chi connectivity index (χ4n) is 5.84. The molecule has 5 atom stereocenters. The Labute approximate surface area is 145 Å². The second-order valence-corrected chi connectivity index (χ2v) is 13.2. The van der Waals surface area contributed by atoms with Gasteiger partial charge in [-0.1, -0.05) is 41.0 Å². The van der Waals surface area contributed by atoms with Crippen LogP contribution in [0, 0.1) is 34.5 Å². The third kappa shape index (κ3) is 3.54. The van der Waals surface area contributed by atoms with Crippen LogP contribution in [-0.4, -0.2) is 14.4 Å². The molecule has 2 saturated carbocycles. The molecule has 0 aliphatic heterocycles. The van der Waals surface area contributed by atoms with Crippen LogP contribution in [0.1, 0.15) is 73.1 Å². The number of nitrogens with zero attached hydrogens (tertiary/aromatic N) is 1. The topological polar surface area (TPSA) is 33.0 Å². The zero-order chi connectivity index (χ0) is 17.1. The molecule has 0 N–H and O–H groups in total. The van der Waals surface area contributed by atoms with E-state index in [1.165, 1.54) is 50.2 Å². The van der Waals surface area contributed by atoms with Crippen molar-refractivity contribution in [2.45, 2.75) is 97.4 Å². The summed E-state index contributed by atoms with van der Waals surface area (Å²) >= 11 is 0. The highest BCUT2D eigenvalue weighted by molar-refractivity contribution is 6.73. The maximum absolute atomic E-state index is 9.11. The Balaban J connectivity index is 2.16. The van der Waals surface area contributed by atoms with E-state index in [2.05, 4.69) is 40.7 Å². The van der Waals surface area contributed by atoms with E-state index in [-0.39, 0.29) is 0 Å². The van der Waals surface area contributed by atoms with Crippen molar-refractivity contribution in [3.05, 3.63) is 0 Å². The highest BCUT2D eigenvalue weighted by Gasteiger charge is 2.53. The Kier molecular flexibility index (Phi) is 6.36. The third-order valence-electron chi connectivity index (χ3n) is 7.57. The predicted octanol–water partition coefficient (Wildman–Crippen LogP) is 6.14. The number of hydrogen-bond acceptors (Lipinski definition) is 2. The Morgan fingerprint density at radius 2 is 1.83 bits per heavy atom. The van der Waals surface area contributed by atoms with Crippen LogP contribution >= 0.6 is 0 Å². The van der Waals surface area contributed by atoms with Gasteiger partial charge >= 0.3 is 0 Å². The van der Waals surface area contributed by atoms with Gasteiger partial charge in [0.1, 0.15) is 0 Å². The molecule has 0 aromatic carbocycles. The van der Waals surface area contributed by atoms with Crippen molar-refractivity contribution in [3.8, 4) is 6.07 Å². The molecule has 0 heterocycles. The van der Waals surface area contributed by atoms with E-state index in [1.807, 2.05) is 0 Å². The van der Waals surface area contributed by atoms with Crippen LogP contribution in [0.4, 0.5) is 0 Å². The first-order chi connectivity index (χ1) is 11.0. The number of nitriles is 1. The van der Waals surface area contributed by atoms with Gasteiger partial charge in [0, 0.05) is 12.5 Å². The largest absolute Gasteiger partial charge is 0.414 e. The molecule has 0 aromatic heterocycles. The van der Waals surface area contributed by atoms with Crippen LogP contribution in [0.2, 0.25) is 18.1 Å². The average Bonchev–Trinajstić information content (AvgIpc) is 2.91. The van der Waals surface area contributed by atoms with Crippen LogP contribution in [-0.2, 0) is 4.43 Å². The van der Waals surface area contributed by atoms with Crippen molar-refractivity contribution in [1.29, 1.82) is 5.26 Å². The highest BCUT2D eigenvalue weighted by atomic mass is 28.4. The molecule has 3 heteroatoms. The Morgan fingerprint density at radius 3 is 2.39 bits per heavy atom. The second kappa shape index (κ2) is 7.70. The minimum absolute atomic E-state index is 0.411. The van der Waals surface area contributed by atoms with Gasteiger partial charge in [-0.25, -0.2) is 0 Å². The Bertz CT molecular complexity index is 420. The molecule has 2 aliphatic rings. The Morgan fingerprint density at radius 1 is 1.17 bits per heavy atom. The van der Waals surface area contributed by atoms with Crippen LogP contribution in [0.3, 0.4) is 0 Å². The summed E-state index contributed by atoms with van der Waals surface area (Å²) in [5, 5.41) is 9.11. The maximum Gasteiger partial charge on any atom is 0.192 e. The molecule has 0 spiro atoms. The van der Waals surface area contributed by atoms with Gasteiger partial charge < -0.3 is 4.43 Å². The molecule has 2 fully saturated rings. The van der Waals surface area contributed by atoms with Crippen molar-refractivity contribution in [2.24, 2.45) is 23.2 Å². The molecule has 0 radical (unpaired) electrons. The Hall–Kier alpha value is -0.333. The van der Waals surface area contributed by atoms with Gasteiger partial charge in [0.2, 0.25) is 0 Å². The molecule has 0 saturated heterocycles. The maximum atomic E-state index is 9.11. The summed E-state index contributed by atoms with van der Waals surface area (Å²) in [6, 6.07) is 6.18. The first kappa shape index (κ1) is 19.0. The molecule has 132 valence electrons. The average molecular weight is 336 g/mol. The van der Waals surface area contributed by atoms with Crippen LogP contribution in [0.25, 0.3) is 0 Å². The van der Waals surface area contributed by atoms with E-state index >= 15 is 0 Å². The lowest BCUT2D eigenvalue weighted by Crippen LogP contribution is -2.48. The lowest BCUT2D eigenvalue weighted by atomic mass is 9.61. The van der Waals surface area contributed by atoms with E-state index in [1.54, 1.807) is 0 Å². The summed E-state index contributed by atoms with van der Waals surface area (Å²) in [6.07, 6.45) is 7.78. The van der Waals surface area contributed by atoms with Gasteiger partial charge in [0.15, 0.2) is 8.32 Å². The fourth-order valence-corrected chi connectivity index (χ4v) is 8.77. The van der Waals surface area contributed by atoms with Gasteiger partial charge in [-0.05, 0) is 67.0 Å². The summed E-state index contributed by atoms with van der Waals surface area (Å²) in [7, 11) is -1.51. The lowest BCUT2D eigenvalue weighted by molar-refractivity contribution is -0.0189. The quantitative estimate of drug-likeness (QED) is 0.523. The van der Waals surface area contributed by atoms with E-state index in [0.717, 1.165) is 18.3 Å². The van der Waals surface area contributed by atoms with Crippen molar-refractivity contribution in [3.63, 3.8) is 0 Å². The summed E-state index contributed by atoms with van der Waals surface area (Å²) < 4.78 is 6.97. The predicted molar refractivity (Wildman–Crippen MR) is 99.6 cm³/mol. The molecule has 0 amide bonds. The summed E-state index contributed by atoms with van der Waals surface area (Å²) in [6.45, 7) is 11.8. The summed E-state index contributed by atoms with van der Waals surface area (Å²) in [5.74, 6) is 2.00. The third-order valence-corrected chi connectivity index (χ3v) is 12.2. The minimum atomic E-state index is -1.51. The van der Waals surface area contributed by atoms with Crippen LogP contribution in [0.15, 0.2) is 0 Å². The SMILES string of the molecule is CC[Si](CC)(CC)O[C@H]1CCC[C@]2(C)C([C@H](C)CC#N)CC[C@@H]12. The molecule has 2 rings (SSSR count). The molecule has 23 heavy (non-hydrogen) atoms. The van der Waals surface area contributed by atoms with E-state index < -0.39 is 8.32 Å². The fraction of sp³-hybridized carbons (Fsp3) is 0.950. The van der Waals surface area contributed by atoms with Crippen molar-refractivity contribution < 1.29 is 4.43 Å². The molecule has 0 aromatic rings. The van der Waals surface area contributed by atoms with Crippen LogP contribution in [0.5, 0.6) is 0 Å². The number of hydrogen-bond donors (Lipinski definition) is 0. The van der Waals surface area contributed by atoms with Crippen molar-refractivity contribution in [1.82, 2.24) is 0 Å². The lowest BCUT2D eigenvalue weighted by Gasteiger charge is -2.48.